The van der Waals surface area contributed by atoms with Gasteiger partial charge in [-0.25, -0.2) is 15.0 Å². The van der Waals surface area contributed by atoms with Gasteiger partial charge >= 0.3 is 0 Å². The van der Waals surface area contributed by atoms with Gasteiger partial charge in [0.15, 0.2) is 17.3 Å². The van der Waals surface area contributed by atoms with Crippen LogP contribution in [0.25, 0.3) is 16.9 Å². The molecule has 0 aromatic carbocycles. The van der Waals surface area contributed by atoms with Crippen molar-refractivity contribution in [3.63, 3.8) is 0 Å². The van der Waals surface area contributed by atoms with Crippen molar-refractivity contribution in [2.45, 2.75) is 33.0 Å². The van der Waals surface area contributed by atoms with Gasteiger partial charge in [0.05, 0.1) is 29.6 Å². The van der Waals surface area contributed by atoms with Crippen LogP contribution in [0.2, 0.25) is 5.02 Å². The number of fused-ring (bicyclic) bond motifs is 1. The molecule has 0 aliphatic carbocycles. The number of nitrogens with zero attached hydrogens (tertiary/aromatic N) is 7. The largest absolute Gasteiger partial charge is 0.461 e. The maximum Gasteiger partial charge on any atom is 0.269 e. The molecule has 33 heavy (non-hydrogen) atoms. The molecule has 0 fully saturated rings. The molecule has 4 heterocycles. The lowest BCUT2D eigenvalue weighted by molar-refractivity contribution is -0.126. The average Bonchev–Trinajstić information content (AvgIpc) is 3.23. The second-order valence-corrected chi connectivity index (χ2v) is 7.73. The van der Waals surface area contributed by atoms with Crippen LogP contribution in [0, 0.1) is 6.92 Å². The molecule has 4 rings (SSSR count). The lowest BCUT2D eigenvalue weighted by Gasteiger charge is -2.19. The Morgan fingerprint density at radius 3 is 2.76 bits per heavy atom. The predicted octanol–water partition coefficient (Wildman–Crippen LogP) is 2.77. The fraction of sp³-hybridized carbons (Fsp3) is 0.286. The van der Waals surface area contributed by atoms with Crippen molar-refractivity contribution in [1.82, 2.24) is 34.9 Å². The predicted molar refractivity (Wildman–Crippen MR) is 120 cm³/mol. The molecule has 0 aliphatic rings. The zero-order valence-electron chi connectivity index (χ0n) is 18.1. The molecule has 1 amide bonds. The molecule has 0 saturated carbocycles. The molecule has 0 bridgehead atoms. The second-order valence-electron chi connectivity index (χ2n) is 7.32. The Kier molecular flexibility index (Phi) is 6.71. The summed E-state index contributed by atoms with van der Waals surface area (Å²) >= 11 is 6.26. The number of aryl methyl sites for hydroxylation is 1. The number of halogens is 1. The molecule has 4 aromatic rings. The van der Waals surface area contributed by atoms with Crippen LogP contribution in [0.15, 0.2) is 43.0 Å². The number of anilines is 1. The second kappa shape index (κ2) is 9.84. The molecule has 0 spiro atoms. The summed E-state index contributed by atoms with van der Waals surface area (Å²) in [5, 5.41) is 15.8. The van der Waals surface area contributed by atoms with Crippen molar-refractivity contribution in [3.05, 3.63) is 53.7 Å². The van der Waals surface area contributed by atoms with Crippen molar-refractivity contribution < 1.29 is 14.3 Å². The van der Waals surface area contributed by atoms with E-state index in [1.165, 1.54) is 17.2 Å². The SMILES string of the molecule is Cc1ccc(NC(=O)[C@H](COC(C)C)Oc2ncnc3c2cnn3-c2ncccc2Cl)nn1. The number of aromatic nitrogens is 7. The number of nitrogens with one attached hydrogen (secondary N) is 1. The lowest BCUT2D eigenvalue weighted by atomic mass is 10.3. The number of pyridine rings is 1. The Bertz CT molecular complexity index is 1260. The van der Waals surface area contributed by atoms with Gasteiger partial charge in [0.2, 0.25) is 12.0 Å². The van der Waals surface area contributed by atoms with Gasteiger partial charge in [-0.1, -0.05) is 11.6 Å². The first-order chi connectivity index (χ1) is 15.9. The summed E-state index contributed by atoms with van der Waals surface area (Å²) in [5.74, 6) is 0.421. The normalized spacial score (nSPS) is 12.2. The molecule has 4 aromatic heterocycles. The molecule has 1 atom stereocenters. The fourth-order valence-electron chi connectivity index (χ4n) is 2.85. The van der Waals surface area contributed by atoms with Crippen LogP contribution >= 0.6 is 11.6 Å². The summed E-state index contributed by atoms with van der Waals surface area (Å²) in [5.41, 5.74) is 1.16. The maximum atomic E-state index is 12.9. The van der Waals surface area contributed by atoms with E-state index in [-0.39, 0.29) is 18.6 Å². The topological polar surface area (TPSA) is 130 Å². The van der Waals surface area contributed by atoms with Crippen LogP contribution in [0.1, 0.15) is 19.5 Å². The van der Waals surface area contributed by atoms with Crippen molar-refractivity contribution in [2.24, 2.45) is 0 Å². The third-order valence-electron chi connectivity index (χ3n) is 4.45. The highest BCUT2D eigenvalue weighted by Gasteiger charge is 2.25. The summed E-state index contributed by atoms with van der Waals surface area (Å²) in [6.45, 7) is 5.53. The minimum Gasteiger partial charge on any atom is -0.461 e. The molecule has 0 unspecified atom stereocenters. The molecule has 12 heteroatoms. The van der Waals surface area contributed by atoms with Gasteiger partial charge in [-0.2, -0.15) is 14.9 Å². The third-order valence-corrected chi connectivity index (χ3v) is 4.74. The zero-order valence-corrected chi connectivity index (χ0v) is 18.9. The standard InChI is InChI=1S/C21H21ClN8O3/c1-12(2)32-10-16(20(31)27-17-7-6-13(3)28-29-17)33-21-14-9-26-30(18(14)24-11-25-21)19-15(22)5-4-8-23-19/h4-9,11-12,16H,10H2,1-3H3,(H,27,29,31)/t16-/m0/s1. The van der Waals surface area contributed by atoms with E-state index in [0.29, 0.717) is 27.7 Å². The van der Waals surface area contributed by atoms with Gasteiger partial charge in [0.1, 0.15) is 11.7 Å². The first kappa shape index (κ1) is 22.5. The minimum absolute atomic E-state index is 0.00546. The smallest absolute Gasteiger partial charge is 0.269 e. The highest BCUT2D eigenvalue weighted by molar-refractivity contribution is 6.32. The number of carbonyl (C=O) groups is 1. The van der Waals surface area contributed by atoms with Crippen LogP contribution in [-0.2, 0) is 9.53 Å². The number of hydrogen-bond donors (Lipinski definition) is 1. The van der Waals surface area contributed by atoms with Crippen LogP contribution in [-0.4, -0.2) is 59.7 Å². The molecular formula is C21H21ClN8O3. The molecule has 11 nitrogen and oxygen atoms in total. The summed E-state index contributed by atoms with van der Waals surface area (Å²) in [4.78, 5) is 25.7. The number of rotatable bonds is 8. The van der Waals surface area contributed by atoms with Gasteiger partial charge in [-0.3, -0.25) is 4.79 Å². The Labute approximate surface area is 194 Å². The Morgan fingerprint density at radius 2 is 2.03 bits per heavy atom. The van der Waals surface area contributed by atoms with Gasteiger partial charge in [-0.05, 0) is 45.0 Å². The maximum absolute atomic E-state index is 12.9. The van der Waals surface area contributed by atoms with Gasteiger partial charge in [-0.15, -0.1) is 5.10 Å². The summed E-state index contributed by atoms with van der Waals surface area (Å²) in [6.07, 6.45) is 3.32. The number of hydrogen-bond acceptors (Lipinski definition) is 9. The van der Waals surface area contributed by atoms with E-state index in [2.05, 4.69) is 35.6 Å². The van der Waals surface area contributed by atoms with E-state index in [9.17, 15) is 4.79 Å². The molecule has 0 aliphatic heterocycles. The fourth-order valence-corrected chi connectivity index (χ4v) is 3.06. The quantitative estimate of drug-likeness (QED) is 0.414. The van der Waals surface area contributed by atoms with Gasteiger partial charge < -0.3 is 14.8 Å². The molecule has 170 valence electrons. The minimum atomic E-state index is -1.02. The third kappa shape index (κ3) is 5.21. The lowest BCUT2D eigenvalue weighted by Crippen LogP contribution is -2.38. The molecule has 1 N–H and O–H groups in total. The Morgan fingerprint density at radius 1 is 1.18 bits per heavy atom. The summed E-state index contributed by atoms with van der Waals surface area (Å²) in [6, 6.07) is 6.82. The first-order valence-electron chi connectivity index (χ1n) is 10.1. The number of ether oxygens (including phenoxy) is 2. The van der Waals surface area contributed by atoms with E-state index >= 15 is 0 Å². The van der Waals surface area contributed by atoms with Crippen molar-refractivity contribution in [3.8, 4) is 11.7 Å². The van der Waals surface area contributed by atoms with E-state index in [0.717, 1.165) is 5.69 Å². The number of carbonyl (C=O) groups excluding carboxylic acids is 1. The zero-order chi connectivity index (χ0) is 23.4. The van der Waals surface area contributed by atoms with Gasteiger partial charge in [0.25, 0.3) is 5.91 Å². The van der Waals surface area contributed by atoms with Crippen LogP contribution in [0.4, 0.5) is 5.82 Å². The number of amides is 1. The highest BCUT2D eigenvalue weighted by atomic mass is 35.5. The first-order valence-corrected chi connectivity index (χ1v) is 10.5. The average molecular weight is 469 g/mol. The van der Waals surface area contributed by atoms with Crippen molar-refractivity contribution in [1.29, 1.82) is 0 Å². The molecule has 0 radical (unpaired) electrons. The van der Waals surface area contributed by atoms with Crippen molar-refractivity contribution in [2.75, 3.05) is 11.9 Å². The van der Waals surface area contributed by atoms with E-state index in [4.69, 9.17) is 21.1 Å². The Balaban J connectivity index is 1.62. The Hall–Kier alpha value is -3.70. The molecule has 0 saturated heterocycles. The highest BCUT2D eigenvalue weighted by Crippen LogP contribution is 2.26. The summed E-state index contributed by atoms with van der Waals surface area (Å²) < 4.78 is 13.1. The van der Waals surface area contributed by atoms with Gasteiger partial charge in [0, 0.05) is 6.20 Å². The van der Waals surface area contributed by atoms with Crippen LogP contribution in [0.3, 0.4) is 0 Å². The van der Waals surface area contributed by atoms with Crippen molar-refractivity contribution >= 4 is 34.4 Å². The van der Waals surface area contributed by atoms with E-state index in [1.54, 1.807) is 37.4 Å². The molecular weight excluding hydrogens is 448 g/mol. The summed E-state index contributed by atoms with van der Waals surface area (Å²) in [7, 11) is 0. The van der Waals surface area contributed by atoms with Crippen LogP contribution in [0.5, 0.6) is 5.88 Å². The van der Waals surface area contributed by atoms with E-state index in [1.807, 2.05) is 13.8 Å². The van der Waals surface area contributed by atoms with Crippen LogP contribution < -0.4 is 10.1 Å². The van der Waals surface area contributed by atoms with E-state index < -0.39 is 12.0 Å². The monoisotopic (exact) mass is 468 g/mol.